The summed E-state index contributed by atoms with van der Waals surface area (Å²) in [7, 11) is 0. The smallest absolute Gasteiger partial charge is 0.0544 e. The molecule has 1 aliphatic carbocycles. The highest BCUT2D eigenvalue weighted by Gasteiger charge is 2.32. The molecule has 0 atom stereocenters. The van der Waals surface area contributed by atoms with Gasteiger partial charge in [0.2, 0.25) is 0 Å². The largest absolute Gasteiger partial charge is 0.380 e. The van der Waals surface area contributed by atoms with Gasteiger partial charge in [0.15, 0.2) is 0 Å². The molecule has 0 aromatic rings. The summed E-state index contributed by atoms with van der Waals surface area (Å²) in [6.07, 6.45) is 2.80. The number of ether oxygens (including phenoxy) is 1. The van der Waals surface area contributed by atoms with Gasteiger partial charge in [0.05, 0.1) is 6.61 Å². The summed E-state index contributed by atoms with van der Waals surface area (Å²) in [6.45, 7) is 6.53. The van der Waals surface area contributed by atoms with E-state index in [1.165, 1.54) is 12.8 Å². The highest BCUT2D eigenvalue weighted by molar-refractivity contribution is 4.88. The zero-order valence-corrected chi connectivity index (χ0v) is 7.23. The van der Waals surface area contributed by atoms with Gasteiger partial charge in [0.1, 0.15) is 0 Å². The van der Waals surface area contributed by atoms with E-state index in [0.717, 1.165) is 32.2 Å². The molecule has 0 aromatic heterocycles. The fourth-order valence-corrected chi connectivity index (χ4v) is 1.41. The van der Waals surface area contributed by atoms with Crippen molar-refractivity contribution in [2.24, 2.45) is 11.3 Å². The predicted molar refractivity (Wildman–Crippen MR) is 44.5 cm³/mol. The lowest BCUT2D eigenvalue weighted by molar-refractivity contribution is 0.0181. The maximum Gasteiger partial charge on any atom is 0.0544 e. The van der Waals surface area contributed by atoms with Crippen LogP contribution in [0.1, 0.15) is 19.8 Å². The average molecular weight is 155 g/mol. The fraction of sp³-hybridized carbons (Fsp3) is 1.00. The Hall–Kier alpha value is -0.0800. The molecule has 1 saturated heterocycles. The maximum atomic E-state index is 5.62. The minimum absolute atomic E-state index is 0.453. The van der Waals surface area contributed by atoms with Crippen LogP contribution in [0.25, 0.3) is 0 Å². The molecule has 2 rings (SSSR count). The Kier molecular flexibility index (Phi) is 1.90. The van der Waals surface area contributed by atoms with E-state index in [1.807, 2.05) is 0 Å². The van der Waals surface area contributed by atoms with E-state index < -0.39 is 0 Å². The highest BCUT2D eigenvalue weighted by Crippen LogP contribution is 2.30. The first kappa shape index (κ1) is 7.56. The van der Waals surface area contributed by atoms with Crippen LogP contribution in [0.5, 0.6) is 0 Å². The molecule has 1 N–H and O–H groups in total. The summed E-state index contributed by atoms with van der Waals surface area (Å²) < 4.78 is 5.62. The van der Waals surface area contributed by atoms with Crippen LogP contribution in [0.4, 0.5) is 0 Å². The van der Waals surface area contributed by atoms with Gasteiger partial charge >= 0.3 is 0 Å². The van der Waals surface area contributed by atoms with Crippen LogP contribution in [0.3, 0.4) is 0 Å². The van der Waals surface area contributed by atoms with E-state index in [-0.39, 0.29) is 0 Å². The fourth-order valence-electron chi connectivity index (χ4n) is 1.41. The van der Waals surface area contributed by atoms with Crippen LogP contribution >= 0.6 is 0 Å². The van der Waals surface area contributed by atoms with Crippen molar-refractivity contribution in [3.63, 3.8) is 0 Å². The Morgan fingerprint density at radius 1 is 1.45 bits per heavy atom. The lowest BCUT2D eigenvalue weighted by Gasteiger charge is -2.38. The zero-order valence-electron chi connectivity index (χ0n) is 7.23. The van der Waals surface area contributed by atoms with E-state index in [0.29, 0.717) is 5.41 Å². The van der Waals surface area contributed by atoms with Crippen LogP contribution in [0.15, 0.2) is 0 Å². The third kappa shape index (κ3) is 1.94. The van der Waals surface area contributed by atoms with Crippen molar-refractivity contribution in [3.8, 4) is 0 Å². The normalized spacial score (nSPS) is 28.1. The molecule has 2 heteroatoms. The van der Waals surface area contributed by atoms with Gasteiger partial charge in [-0.1, -0.05) is 6.92 Å². The molecule has 11 heavy (non-hydrogen) atoms. The van der Waals surface area contributed by atoms with Gasteiger partial charge in [-0.15, -0.1) is 0 Å². The van der Waals surface area contributed by atoms with Crippen molar-refractivity contribution in [1.29, 1.82) is 0 Å². The molecule has 1 saturated carbocycles. The first-order chi connectivity index (χ1) is 5.29. The van der Waals surface area contributed by atoms with E-state index in [2.05, 4.69) is 12.2 Å². The number of rotatable bonds is 4. The van der Waals surface area contributed by atoms with Crippen LogP contribution < -0.4 is 5.32 Å². The molecule has 2 fully saturated rings. The Bertz CT molecular complexity index is 138. The molecule has 2 aliphatic rings. The Labute approximate surface area is 68.3 Å². The third-order valence-corrected chi connectivity index (χ3v) is 2.60. The van der Waals surface area contributed by atoms with Gasteiger partial charge in [0.25, 0.3) is 0 Å². The summed E-state index contributed by atoms with van der Waals surface area (Å²) in [5.41, 5.74) is 0.453. The van der Waals surface area contributed by atoms with Crippen LogP contribution in [0, 0.1) is 11.3 Å². The summed E-state index contributed by atoms with van der Waals surface area (Å²) in [5, 5.41) is 3.28. The van der Waals surface area contributed by atoms with E-state index >= 15 is 0 Å². The standard InChI is InChI=1S/C9H17NO/c1-9(5-10-6-9)7-11-4-8-2-3-8/h8,10H,2-7H2,1H3. The first-order valence-electron chi connectivity index (χ1n) is 4.57. The van der Waals surface area contributed by atoms with Gasteiger partial charge in [-0.05, 0) is 18.8 Å². The summed E-state index contributed by atoms with van der Waals surface area (Å²) in [5.74, 6) is 0.909. The topological polar surface area (TPSA) is 21.3 Å². The molecule has 0 amide bonds. The first-order valence-corrected chi connectivity index (χ1v) is 4.57. The molecular weight excluding hydrogens is 138 g/mol. The van der Waals surface area contributed by atoms with Crippen molar-refractivity contribution in [2.45, 2.75) is 19.8 Å². The monoisotopic (exact) mass is 155 g/mol. The van der Waals surface area contributed by atoms with Crippen LogP contribution in [-0.4, -0.2) is 26.3 Å². The summed E-state index contributed by atoms with van der Waals surface area (Å²) >= 11 is 0. The Balaban J connectivity index is 1.57. The van der Waals surface area contributed by atoms with Crippen LogP contribution in [0.2, 0.25) is 0 Å². The average Bonchev–Trinajstić information content (AvgIpc) is 2.68. The minimum Gasteiger partial charge on any atom is -0.380 e. The highest BCUT2D eigenvalue weighted by atomic mass is 16.5. The molecule has 0 radical (unpaired) electrons. The van der Waals surface area contributed by atoms with Gasteiger partial charge < -0.3 is 10.1 Å². The Morgan fingerprint density at radius 2 is 2.18 bits per heavy atom. The second-order valence-corrected chi connectivity index (χ2v) is 4.37. The van der Waals surface area contributed by atoms with Gasteiger partial charge in [-0.25, -0.2) is 0 Å². The van der Waals surface area contributed by atoms with E-state index in [9.17, 15) is 0 Å². The van der Waals surface area contributed by atoms with Crippen molar-refractivity contribution in [3.05, 3.63) is 0 Å². The lowest BCUT2D eigenvalue weighted by Crippen LogP contribution is -2.54. The molecule has 2 nitrogen and oxygen atoms in total. The van der Waals surface area contributed by atoms with E-state index in [1.54, 1.807) is 0 Å². The molecule has 1 aliphatic heterocycles. The lowest BCUT2D eigenvalue weighted by atomic mass is 9.85. The predicted octanol–water partition coefficient (Wildman–Crippen LogP) is 1.02. The second-order valence-electron chi connectivity index (χ2n) is 4.37. The van der Waals surface area contributed by atoms with Crippen molar-refractivity contribution < 1.29 is 4.74 Å². The molecule has 0 spiro atoms. The summed E-state index contributed by atoms with van der Waals surface area (Å²) in [6, 6.07) is 0. The molecule has 0 unspecified atom stereocenters. The number of hydrogen-bond acceptors (Lipinski definition) is 2. The molecular formula is C9H17NO. The van der Waals surface area contributed by atoms with Crippen molar-refractivity contribution in [2.75, 3.05) is 26.3 Å². The Morgan fingerprint density at radius 3 is 2.64 bits per heavy atom. The van der Waals surface area contributed by atoms with Gasteiger partial charge in [-0.2, -0.15) is 0 Å². The molecule has 64 valence electrons. The van der Waals surface area contributed by atoms with E-state index in [4.69, 9.17) is 4.74 Å². The third-order valence-electron chi connectivity index (χ3n) is 2.60. The number of hydrogen-bond donors (Lipinski definition) is 1. The van der Waals surface area contributed by atoms with Crippen molar-refractivity contribution in [1.82, 2.24) is 5.32 Å². The minimum atomic E-state index is 0.453. The molecule has 1 heterocycles. The SMILES string of the molecule is CC1(COCC2CC2)CNC1. The maximum absolute atomic E-state index is 5.62. The zero-order chi connectivity index (χ0) is 7.73. The number of nitrogens with one attached hydrogen (secondary N) is 1. The second kappa shape index (κ2) is 2.76. The van der Waals surface area contributed by atoms with Crippen LogP contribution in [-0.2, 0) is 4.74 Å². The van der Waals surface area contributed by atoms with Crippen molar-refractivity contribution >= 4 is 0 Å². The molecule has 0 aromatic carbocycles. The van der Waals surface area contributed by atoms with Gasteiger partial charge in [0, 0.05) is 25.1 Å². The quantitative estimate of drug-likeness (QED) is 0.654. The molecule has 0 bridgehead atoms. The summed E-state index contributed by atoms with van der Waals surface area (Å²) in [4.78, 5) is 0. The van der Waals surface area contributed by atoms with Gasteiger partial charge in [-0.3, -0.25) is 0 Å².